The molecule has 0 saturated heterocycles. The summed E-state index contributed by atoms with van der Waals surface area (Å²) in [5, 5.41) is 3.93. The average molecular weight is 799 g/mol. The van der Waals surface area contributed by atoms with E-state index in [9.17, 15) is 13.2 Å². The first-order chi connectivity index (χ1) is 29.8. The van der Waals surface area contributed by atoms with Crippen molar-refractivity contribution >= 4 is 43.7 Å². The highest BCUT2D eigenvalue weighted by molar-refractivity contribution is 6.11. The van der Waals surface area contributed by atoms with Crippen LogP contribution in [0.2, 0.25) is 0 Å². The second kappa shape index (κ2) is 14.2. The number of nitrogens with zero attached hydrogens (tertiary/aromatic N) is 4. The van der Waals surface area contributed by atoms with Gasteiger partial charge in [-0.2, -0.15) is 13.2 Å². The van der Waals surface area contributed by atoms with Gasteiger partial charge in [-0.1, -0.05) is 139 Å². The summed E-state index contributed by atoms with van der Waals surface area (Å²) in [7, 11) is 0. The number of halogens is 3. The topological polar surface area (TPSA) is 56.7 Å². The third-order valence-electron chi connectivity index (χ3n) is 11.4. The first kappa shape index (κ1) is 36.3. The molecule has 0 saturated carbocycles. The number of aromatic nitrogens is 4. The standard InChI is InChI=1S/C53H33F3N4O/c1-32-20-24-38(44(28-32)53(54,55)56)37-22-25-40-39-16-8-10-18-45(39)60(47(40)30-37)46-27-23-35(36-21-26-42-41-17-9-11-19-48(41)61-49(42)31-36)29-43(46)52-58-50(33-12-4-2-5-13-33)57-51(59-52)34-14-6-3-7-15-34/h2-31H,1H3. The Hall–Kier alpha value is -7.84. The fourth-order valence-electron chi connectivity index (χ4n) is 8.47. The number of furan rings is 1. The molecule has 0 aliphatic rings. The first-order valence-corrected chi connectivity index (χ1v) is 19.9. The minimum absolute atomic E-state index is 0.117. The Morgan fingerprint density at radius 1 is 0.426 bits per heavy atom. The van der Waals surface area contributed by atoms with Crippen LogP contribution in [0.1, 0.15) is 11.1 Å². The van der Waals surface area contributed by atoms with Gasteiger partial charge in [0.1, 0.15) is 11.2 Å². The lowest BCUT2D eigenvalue weighted by Gasteiger charge is -2.17. The van der Waals surface area contributed by atoms with Crippen molar-refractivity contribution in [3.8, 4) is 62.1 Å². The highest BCUT2D eigenvalue weighted by Gasteiger charge is 2.34. The van der Waals surface area contributed by atoms with Crippen LogP contribution in [0.5, 0.6) is 0 Å². The average Bonchev–Trinajstić information content (AvgIpc) is 3.84. The van der Waals surface area contributed by atoms with E-state index < -0.39 is 11.7 Å². The molecule has 0 N–H and O–H groups in total. The molecule has 8 aromatic carbocycles. The van der Waals surface area contributed by atoms with E-state index in [2.05, 4.69) is 41.0 Å². The van der Waals surface area contributed by atoms with Crippen LogP contribution in [0.3, 0.4) is 0 Å². The van der Waals surface area contributed by atoms with Crippen LogP contribution < -0.4 is 0 Å². The summed E-state index contributed by atoms with van der Waals surface area (Å²) in [6.07, 6.45) is -4.54. The predicted octanol–water partition coefficient (Wildman–Crippen LogP) is 14.5. The zero-order valence-corrected chi connectivity index (χ0v) is 32.7. The van der Waals surface area contributed by atoms with E-state index in [0.717, 1.165) is 71.7 Å². The third kappa shape index (κ3) is 6.31. The summed E-state index contributed by atoms with van der Waals surface area (Å²) < 4.78 is 52.2. The van der Waals surface area contributed by atoms with Crippen LogP contribution >= 0.6 is 0 Å². The lowest BCUT2D eigenvalue weighted by atomic mass is 9.96. The maximum absolute atomic E-state index is 14.6. The van der Waals surface area contributed by atoms with Gasteiger partial charge in [0, 0.05) is 38.2 Å². The molecular weight excluding hydrogens is 766 g/mol. The predicted molar refractivity (Wildman–Crippen MR) is 238 cm³/mol. The number of benzene rings is 8. The third-order valence-corrected chi connectivity index (χ3v) is 11.4. The second-order valence-corrected chi connectivity index (χ2v) is 15.2. The van der Waals surface area contributed by atoms with Crippen molar-refractivity contribution in [2.45, 2.75) is 13.1 Å². The minimum atomic E-state index is -4.54. The number of hydrogen-bond acceptors (Lipinski definition) is 4. The quantitative estimate of drug-likeness (QED) is 0.168. The minimum Gasteiger partial charge on any atom is -0.456 e. The van der Waals surface area contributed by atoms with Gasteiger partial charge in [0.2, 0.25) is 0 Å². The van der Waals surface area contributed by atoms with Crippen LogP contribution in [-0.2, 0) is 6.18 Å². The number of para-hydroxylation sites is 2. The molecule has 0 aliphatic heterocycles. The fraction of sp³-hybridized carbons (Fsp3) is 0.0377. The van der Waals surface area contributed by atoms with Crippen LogP contribution in [0.15, 0.2) is 186 Å². The Balaban J connectivity index is 1.20. The molecule has 3 aromatic heterocycles. The van der Waals surface area contributed by atoms with Gasteiger partial charge in [0.05, 0.1) is 22.3 Å². The van der Waals surface area contributed by atoms with Gasteiger partial charge in [-0.25, -0.2) is 15.0 Å². The van der Waals surface area contributed by atoms with E-state index in [1.165, 1.54) is 6.07 Å². The van der Waals surface area contributed by atoms with E-state index in [4.69, 9.17) is 19.4 Å². The zero-order valence-electron chi connectivity index (χ0n) is 32.7. The monoisotopic (exact) mass is 798 g/mol. The van der Waals surface area contributed by atoms with Gasteiger partial charge in [-0.15, -0.1) is 0 Å². The fourth-order valence-corrected chi connectivity index (χ4v) is 8.47. The summed E-state index contributed by atoms with van der Waals surface area (Å²) >= 11 is 0. The Labute approximate surface area is 348 Å². The number of hydrogen-bond donors (Lipinski definition) is 0. The molecule has 61 heavy (non-hydrogen) atoms. The van der Waals surface area contributed by atoms with E-state index >= 15 is 0 Å². The molecule has 0 bridgehead atoms. The van der Waals surface area contributed by atoms with E-state index in [-0.39, 0.29) is 5.56 Å². The normalized spacial score (nSPS) is 11.9. The molecule has 3 heterocycles. The Bertz CT molecular complexity index is 3420. The molecular formula is C53H33F3N4O. The molecule has 0 radical (unpaired) electrons. The van der Waals surface area contributed by atoms with Crippen molar-refractivity contribution in [1.29, 1.82) is 0 Å². The molecule has 0 amide bonds. The van der Waals surface area contributed by atoms with Crippen molar-refractivity contribution in [2.24, 2.45) is 0 Å². The van der Waals surface area contributed by atoms with Crippen LogP contribution in [0.25, 0.3) is 106 Å². The highest BCUT2D eigenvalue weighted by Crippen LogP contribution is 2.43. The van der Waals surface area contributed by atoms with E-state index in [0.29, 0.717) is 34.2 Å². The molecule has 0 spiro atoms. The van der Waals surface area contributed by atoms with Crippen molar-refractivity contribution in [1.82, 2.24) is 19.5 Å². The molecule has 0 atom stereocenters. The largest absolute Gasteiger partial charge is 0.456 e. The first-order valence-electron chi connectivity index (χ1n) is 19.9. The molecule has 5 nitrogen and oxygen atoms in total. The number of rotatable bonds is 6. The molecule has 8 heteroatoms. The van der Waals surface area contributed by atoms with Gasteiger partial charge in [-0.3, -0.25) is 0 Å². The number of fused-ring (bicyclic) bond motifs is 6. The van der Waals surface area contributed by atoms with Gasteiger partial charge >= 0.3 is 6.18 Å². The second-order valence-electron chi connectivity index (χ2n) is 15.2. The van der Waals surface area contributed by atoms with Gasteiger partial charge < -0.3 is 8.98 Å². The Kier molecular flexibility index (Phi) is 8.42. The summed E-state index contributed by atoms with van der Waals surface area (Å²) in [5.74, 6) is 1.45. The van der Waals surface area contributed by atoms with Crippen LogP contribution in [-0.4, -0.2) is 19.5 Å². The molecule has 0 aliphatic carbocycles. The molecule has 292 valence electrons. The SMILES string of the molecule is Cc1ccc(-c2ccc3c4ccccc4n(-c4ccc(-c5ccc6c(c5)oc5ccccc56)cc4-c4nc(-c5ccccc5)nc(-c5ccccc5)n4)c3c2)c(C(F)(F)F)c1. The van der Waals surface area contributed by atoms with Gasteiger partial charge in [0.25, 0.3) is 0 Å². The van der Waals surface area contributed by atoms with Crippen molar-refractivity contribution in [3.05, 3.63) is 193 Å². The molecule has 11 aromatic rings. The highest BCUT2D eigenvalue weighted by atomic mass is 19.4. The van der Waals surface area contributed by atoms with Crippen molar-refractivity contribution < 1.29 is 17.6 Å². The van der Waals surface area contributed by atoms with Gasteiger partial charge in [0.15, 0.2) is 17.5 Å². The van der Waals surface area contributed by atoms with E-state index in [1.807, 2.05) is 121 Å². The molecule has 0 fully saturated rings. The van der Waals surface area contributed by atoms with Crippen LogP contribution in [0, 0.1) is 6.92 Å². The van der Waals surface area contributed by atoms with E-state index in [1.54, 1.807) is 25.1 Å². The number of aryl methyl sites for hydroxylation is 1. The molecule has 0 unspecified atom stereocenters. The Morgan fingerprint density at radius 3 is 1.74 bits per heavy atom. The smallest absolute Gasteiger partial charge is 0.417 e. The molecule has 11 rings (SSSR count). The van der Waals surface area contributed by atoms with Gasteiger partial charge in [-0.05, 0) is 77.7 Å². The maximum atomic E-state index is 14.6. The summed E-state index contributed by atoms with van der Waals surface area (Å²) in [6.45, 7) is 1.67. The zero-order chi connectivity index (χ0) is 41.2. The summed E-state index contributed by atoms with van der Waals surface area (Å²) in [6, 6.07) is 58.1. The van der Waals surface area contributed by atoms with Crippen LogP contribution in [0.4, 0.5) is 13.2 Å². The van der Waals surface area contributed by atoms with Crippen molar-refractivity contribution in [2.75, 3.05) is 0 Å². The lowest BCUT2D eigenvalue weighted by molar-refractivity contribution is -0.137. The summed E-state index contributed by atoms with van der Waals surface area (Å²) in [4.78, 5) is 15.3. The number of alkyl halides is 3. The van der Waals surface area contributed by atoms with Crippen molar-refractivity contribution in [3.63, 3.8) is 0 Å². The maximum Gasteiger partial charge on any atom is 0.417 e. The summed E-state index contributed by atoms with van der Waals surface area (Å²) in [5.41, 5.74) is 8.60. The Morgan fingerprint density at radius 2 is 1.00 bits per heavy atom. The lowest BCUT2D eigenvalue weighted by Crippen LogP contribution is -2.07.